The molecule has 1 aliphatic heterocycles. The van der Waals surface area contributed by atoms with E-state index in [1.165, 1.54) is 0 Å². The second-order valence-electron chi connectivity index (χ2n) is 4.97. The van der Waals surface area contributed by atoms with Crippen LogP contribution in [0.1, 0.15) is 28.9 Å². The van der Waals surface area contributed by atoms with Crippen molar-refractivity contribution in [1.82, 2.24) is 20.3 Å². The van der Waals surface area contributed by atoms with Crippen LogP contribution in [0, 0.1) is 0 Å². The molecule has 0 unspecified atom stereocenters. The summed E-state index contributed by atoms with van der Waals surface area (Å²) in [6.45, 7) is 2.38. The van der Waals surface area contributed by atoms with Crippen molar-refractivity contribution in [1.29, 1.82) is 0 Å². The Labute approximate surface area is 123 Å². The zero-order valence-corrected chi connectivity index (χ0v) is 11.7. The van der Waals surface area contributed by atoms with Crippen molar-refractivity contribution in [2.24, 2.45) is 0 Å². The Balaban J connectivity index is 1.65. The fourth-order valence-corrected chi connectivity index (χ4v) is 2.32. The predicted octanol–water partition coefficient (Wildman–Crippen LogP) is 1.40. The first kappa shape index (κ1) is 13.5. The molecule has 2 aromatic heterocycles. The third kappa shape index (κ3) is 3.34. The zero-order valence-electron chi connectivity index (χ0n) is 11.7. The highest BCUT2D eigenvalue weighted by Gasteiger charge is 2.16. The molecule has 1 N–H and O–H groups in total. The number of rotatable bonds is 4. The SMILES string of the molecule is O=C(NCc1ccncc1)c1ccnc(N2CCCC2)n1. The summed E-state index contributed by atoms with van der Waals surface area (Å²) in [6, 6.07) is 5.38. The third-order valence-corrected chi connectivity index (χ3v) is 3.47. The van der Waals surface area contributed by atoms with Crippen LogP contribution in [-0.4, -0.2) is 33.9 Å². The van der Waals surface area contributed by atoms with Gasteiger partial charge in [-0.3, -0.25) is 9.78 Å². The van der Waals surface area contributed by atoms with Crippen molar-refractivity contribution in [2.45, 2.75) is 19.4 Å². The first-order valence-corrected chi connectivity index (χ1v) is 7.08. The number of hydrogen-bond acceptors (Lipinski definition) is 5. The Bertz CT molecular complexity index is 610. The molecule has 3 rings (SSSR count). The van der Waals surface area contributed by atoms with E-state index in [0.717, 1.165) is 31.5 Å². The molecule has 2 aromatic rings. The molecule has 3 heterocycles. The monoisotopic (exact) mass is 283 g/mol. The van der Waals surface area contributed by atoms with Gasteiger partial charge in [-0.25, -0.2) is 9.97 Å². The van der Waals surface area contributed by atoms with Gasteiger partial charge >= 0.3 is 0 Å². The minimum absolute atomic E-state index is 0.186. The molecule has 6 nitrogen and oxygen atoms in total. The first-order valence-electron chi connectivity index (χ1n) is 7.08. The van der Waals surface area contributed by atoms with E-state index in [1.807, 2.05) is 12.1 Å². The molecule has 1 saturated heterocycles. The number of carbonyl (C=O) groups excluding carboxylic acids is 1. The van der Waals surface area contributed by atoms with E-state index in [1.54, 1.807) is 24.7 Å². The van der Waals surface area contributed by atoms with E-state index in [9.17, 15) is 4.79 Å². The van der Waals surface area contributed by atoms with Crippen molar-refractivity contribution in [2.75, 3.05) is 18.0 Å². The van der Waals surface area contributed by atoms with Gasteiger partial charge in [0.25, 0.3) is 5.91 Å². The maximum Gasteiger partial charge on any atom is 0.270 e. The van der Waals surface area contributed by atoms with Crippen molar-refractivity contribution in [3.63, 3.8) is 0 Å². The Morgan fingerprint density at radius 1 is 1.14 bits per heavy atom. The summed E-state index contributed by atoms with van der Waals surface area (Å²) in [5.41, 5.74) is 1.41. The summed E-state index contributed by atoms with van der Waals surface area (Å²) in [5.74, 6) is 0.457. The molecule has 0 aromatic carbocycles. The third-order valence-electron chi connectivity index (χ3n) is 3.47. The molecule has 1 fully saturated rings. The smallest absolute Gasteiger partial charge is 0.270 e. The van der Waals surface area contributed by atoms with Gasteiger partial charge in [-0.2, -0.15) is 0 Å². The van der Waals surface area contributed by atoms with Crippen molar-refractivity contribution < 1.29 is 4.79 Å². The number of amides is 1. The molecule has 0 bridgehead atoms. The van der Waals surface area contributed by atoms with Gasteiger partial charge < -0.3 is 10.2 Å². The van der Waals surface area contributed by atoms with Crippen molar-refractivity contribution >= 4 is 11.9 Å². The van der Waals surface area contributed by atoms with Gasteiger partial charge in [-0.05, 0) is 36.6 Å². The maximum atomic E-state index is 12.1. The summed E-state index contributed by atoms with van der Waals surface area (Å²) < 4.78 is 0. The number of anilines is 1. The molecule has 21 heavy (non-hydrogen) atoms. The molecule has 1 amide bonds. The fourth-order valence-electron chi connectivity index (χ4n) is 2.32. The highest BCUT2D eigenvalue weighted by molar-refractivity contribution is 5.92. The average Bonchev–Trinajstić information content (AvgIpc) is 3.08. The van der Waals surface area contributed by atoms with Crippen LogP contribution in [0.5, 0.6) is 0 Å². The van der Waals surface area contributed by atoms with Crippen LogP contribution in [0.3, 0.4) is 0 Å². The van der Waals surface area contributed by atoms with E-state index < -0.39 is 0 Å². The number of nitrogens with zero attached hydrogens (tertiary/aromatic N) is 4. The van der Waals surface area contributed by atoms with Gasteiger partial charge in [0.05, 0.1) is 0 Å². The fraction of sp³-hybridized carbons (Fsp3) is 0.333. The molecule has 1 aliphatic rings. The van der Waals surface area contributed by atoms with E-state index in [0.29, 0.717) is 18.2 Å². The number of hydrogen-bond donors (Lipinski definition) is 1. The van der Waals surface area contributed by atoms with Gasteiger partial charge in [0.1, 0.15) is 5.69 Å². The van der Waals surface area contributed by atoms with Crippen LogP contribution in [0.15, 0.2) is 36.8 Å². The normalized spacial score (nSPS) is 14.2. The van der Waals surface area contributed by atoms with Crippen LogP contribution in [0.4, 0.5) is 5.95 Å². The molecule has 0 saturated carbocycles. The first-order chi connectivity index (χ1) is 10.3. The van der Waals surface area contributed by atoms with Crippen molar-refractivity contribution in [3.8, 4) is 0 Å². The lowest BCUT2D eigenvalue weighted by Crippen LogP contribution is -2.26. The van der Waals surface area contributed by atoms with Crippen LogP contribution in [0.2, 0.25) is 0 Å². The molecular formula is C15H17N5O. The topological polar surface area (TPSA) is 71.0 Å². The molecule has 6 heteroatoms. The highest BCUT2D eigenvalue weighted by Crippen LogP contribution is 2.15. The molecule has 0 radical (unpaired) electrons. The molecule has 0 atom stereocenters. The molecule has 108 valence electrons. The quantitative estimate of drug-likeness (QED) is 0.918. The second kappa shape index (κ2) is 6.30. The Hall–Kier alpha value is -2.50. The zero-order chi connectivity index (χ0) is 14.5. The van der Waals surface area contributed by atoms with Gasteiger partial charge in [0, 0.05) is 38.2 Å². The Kier molecular flexibility index (Phi) is 4.04. The Morgan fingerprint density at radius 2 is 1.90 bits per heavy atom. The second-order valence-corrected chi connectivity index (χ2v) is 4.97. The van der Waals surface area contributed by atoms with E-state index >= 15 is 0 Å². The number of aromatic nitrogens is 3. The molecular weight excluding hydrogens is 266 g/mol. The molecule has 0 aliphatic carbocycles. The molecule has 0 spiro atoms. The predicted molar refractivity (Wildman–Crippen MR) is 78.9 cm³/mol. The van der Waals surface area contributed by atoms with Crippen LogP contribution >= 0.6 is 0 Å². The van der Waals surface area contributed by atoms with E-state index in [4.69, 9.17) is 0 Å². The number of pyridine rings is 1. The van der Waals surface area contributed by atoms with E-state index in [-0.39, 0.29) is 5.91 Å². The Morgan fingerprint density at radius 3 is 2.67 bits per heavy atom. The van der Waals surface area contributed by atoms with Gasteiger partial charge in [-0.1, -0.05) is 0 Å². The average molecular weight is 283 g/mol. The number of carbonyl (C=O) groups is 1. The van der Waals surface area contributed by atoms with Gasteiger partial charge in [0.2, 0.25) is 5.95 Å². The summed E-state index contributed by atoms with van der Waals surface area (Å²) in [6.07, 6.45) is 7.36. The van der Waals surface area contributed by atoms with Crippen LogP contribution in [0.25, 0.3) is 0 Å². The van der Waals surface area contributed by atoms with E-state index in [2.05, 4.69) is 25.2 Å². The highest BCUT2D eigenvalue weighted by atomic mass is 16.1. The minimum atomic E-state index is -0.186. The van der Waals surface area contributed by atoms with Crippen molar-refractivity contribution in [3.05, 3.63) is 48.0 Å². The minimum Gasteiger partial charge on any atom is -0.347 e. The summed E-state index contributed by atoms with van der Waals surface area (Å²) in [5, 5.41) is 2.86. The van der Waals surface area contributed by atoms with Crippen LogP contribution < -0.4 is 10.2 Å². The lowest BCUT2D eigenvalue weighted by atomic mass is 10.2. The lowest BCUT2D eigenvalue weighted by molar-refractivity contribution is 0.0946. The van der Waals surface area contributed by atoms with Gasteiger partial charge in [-0.15, -0.1) is 0 Å². The number of nitrogens with one attached hydrogen (secondary N) is 1. The summed E-state index contributed by atoms with van der Waals surface area (Å²) in [7, 11) is 0. The maximum absolute atomic E-state index is 12.1. The lowest BCUT2D eigenvalue weighted by Gasteiger charge is -2.15. The standard InChI is InChI=1S/C15H17N5O/c21-14(18-11-12-3-6-16-7-4-12)13-5-8-17-15(19-13)20-9-1-2-10-20/h3-8H,1-2,9-11H2,(H,18,21). The van der Waals surface area contributed by atoms with Gasteiger partial charge in [0.15, 0.2) is 0 Å². The van der Waals surface area contributed by atoms with Crippen LogP contribution in [-0.2, 0) is 6.54 Å². The summed E-state index contributed by atoms with van der Waals surface area (Å²) in [4.78, 5) is 26.8. The summed E-state index contributed by atoms with van der Waals surface area (Å²) >= 11 is 0. The largest absolute Gasteiger partial charge is 0.347 e.